The van der Waals surface area contributed by atoms with Crippen LogP contribution in [-0.2, 0) is 52.7 Å². The molecule has 9 saturated heterocycles. The van der Waals surface area contributed by atoms with Crippen molar-refractivity contribution < 1.29 is 116 Å². The number of urea groups is 3. The molecule has 6 atom stereocenters. The number of anilines is 3. The fraction of sp³-hybridized carbons (Fsp3) is 0.737. The third-order valence-electron chi connectivity index (χ3n) is 13.7. The number of carboxylic acid groups (broad SMARTS) is 1. The van der Waals surface area contributed by atoms with Gasteiger partial charge in [0.2, 0.25) is 28.1 Å². The quantitative estimate of drug-likeness (QED) is 0.0535. The van der Waals surface area contributed by atoms with Crippen LogP contribution in [0.5, 0.6) is 0 Å². The van der Waals surface area contributed by atoms with Crippen LogP contribution in [0.15, 0.2) is 13.3 Å². The molecule has 9 aliphatic rings. The van der Waals surface area contributed by atoms with Gasteiger partial charge in [0.15, 0.2) is 0 Å². The van der Waals surface area contributed by atoms with Gasteiger partial charge >= 0.3 is 76.1 Å². The molecule has 3 aromatic heterocycles. The third kappa shape index (κ3) is 13.4. The standard InChI is InChI=1S/C13H19N5O3.C12H18N6O7S.C12H17N5O7S.CH2O2.H3N.Na/c1-16-9-2-3-10(18(8-9)13(16)19)11-14-15-12(21-11)17-4-6-20-7-5-17;13-24-26(20,21)25-18-8-1-2-9(17(7-8)12(18)19)10-14-15-11(23-10)16-3-5-22-6-4-16;18-12-16-7-8(17(12)24-25(19,20)21)1-2-9(16)10-13-14-11(23-10)15-3-5-22-6-4-15;2-1-3;;/h9-10H,2-8H2,1H3;8-9H,1-7,13H2;8-9H,1-7H2,(H,19,20,21);1H,(H,2,3);1H3;/q;;;;;+1/p-1/t9-,10+;2*8-,9+;;;/m111.../s1. The van der Waals surface area contributed by atoms with Crippen LogP contribution < -0.4 is 56.3 Å². The predicted octanol–water partition coefficient (Wildman–Crippen LogP) is -4.50. The molecule has 6 bridgehead atoms. The monoisotopic (exact) mass is 1140 g/mol. The van der Waals surface area contributed by atoms with Crippen molar-refractivity contribution >= 4 is 63.4 Å². The van der Waals surface area contributed by atoms with E-state index in [9.17, 15) is 35.8 Å². The van der Waals surface area contributed by atoms with Gasteiger partial charge in [-0.05, 0) is 38.5 Å². The Balaban J connectivity index is 0.000000162. The number of likely N-dealkylation sites (N-methyl/N-ethyl adjacent to an activating group) is 1. The van der Waals surface area contributed by atoms with Crippen molar-refractivity contribution in [3.05, 3.63) is 17.7 Å². The number of nitrogens with zero attached hydrogens (tertiary/aromatic N) is 15. The minimum Gasteiger partial charge on any atom is -0.724 e. The van der Waals surface area contributed by atoms with E-state index < -0.39 is 57.0 Å². The zero-order valence-corrected chi connectivity index (χ0v) is 45.6. The molecule has 0 unspecified atom stereocenters. The van der Waals surface area contributed by atoms with Gasteiger partial charge in [-0.1, -0.05) is 15.3 Å². The second-order valence-electron chi connectivity index (χ2n) is 18.0. The van der Waals surface area contributed by atoms with E-state index in [1.165, 1.54) is 9.80 Å². The molecular formula is C38H58N17NaO19S2. The van der Waals surface area contributed by atoms with E-state index in [1.54, 1.807) is 0 Å². The van der Waals surface area contributed by atoms with Gasteiger partial charge in [-0.2, -0.15) is 33.0 Å². The SMILES string of the molecule is CN1C(=O)N2C[C@H]1CC[C@H]2c1nnc(N2CCOCC2)o1.N.NOS(=O)(=O)ON1C(=O)N2C[C@H]1CC[C@H]2c1nnc(N2CCOCC2)o1.O=C1N2C[C@@H](CC[C@H]2c2nnc(N3CCOCC3)o2)N1OS(=O)(=O)[O-].O=CO.[Na+]. The van der Waals surface area contributed by atoms with Crippen LogP contribution in [0.25, 0.3) is 0 Å². The average molecular weight is 1140 g/mol. The number of aromatic nitrogens is 6. The van der Waals surface area contributed by atoms with Crippen LogP contribution >= 0.6 is 0 Å². The van der Waals surface area contributed by atoms with Crippen molar-refractivity contribution in [2.75, 3.05) is 120 Å². The van der Waals surface area contributed by atoms with Crippen LogP contribution in [0.3, 0.4) is 0 Å². The van der Waals surface area contributed by atoms with Crippen LogP contribution in [-0.4, -0.2) is 235 Å². The maximum Gasteiger partial charge on any atom is 1.00 e. The van der Waals surface area contributed by atoms with Crippen molar-refractivity contribution in [1.82, 2.24) is 66.5 Å². The van der Waals surface area contributed by atoms with Crippen molar-refractivity contribution in [3.8, 4) is 0 Å². The number of amides is 6. The summed E-state index contributed by atoms with van der Waals surface area (Å²) in [7, 11) is -7.63. The Labute approximate surface area is 461 Å². The van der Waals surface area contributed by atoms with Crippen molar-refractivity contribution in [3.63, 3.8) is 0 Å². The molecule has 6 N–H and O–H groups in total. The Bertz CT molecular complexity index is 2710. The summed E-state index contributed by atoms with van der Waals surface area (Å²) in [5.41, 5.74) is 0. The molecule has 9 aliphatic heterocycles. The maximum atomic E-state index is 12.5. The molecule has 12 heterocycles. The first kappa shape index (κ1) is 59.3. The fourth-order valence-electron chi connectivity index (χ4n) is 10.0. The average Bonchev–Trinajstić information content (AvgIpc) is 4.32. The summed E-state index contributed by atoms with van der Waals surface area (Å²) >= 11 is 0. The zero-order valence-electron chi connectivity index (χ0n) is 42.0. The van der Waals surface area contributed by atoms with Crippen LogP contribution in [0.2, 0.25) is 0 Å². The van der Waals surface area contributed by atoms with E-state index in [2.05, 4.69) is 49.3 Å². The van der Waals surface area contributed by atoms with Gasteiger partial charge in [0.05, 0.1) is 57.8 Å². The number of piperidine rings is 3. The summed E-state index contributed by atoms with van der Waals surface area (Å²) in [6, 6.07) is -1.57. The maximum absolute atomic E-state index is 12.5. The number of morpholine rings is 3. The molecule has 6 amide bonds. The van der Waals surface area contributed by atoms with Crippen molar-refractivity contribution in [2.45, 2.75) is 74.8 Å². The molecular weight excluding hydrogens is 1090 g/mol. The van der Waals surface area contributed by atoms with E-state index in [-0.39, 0.29) is 73.2 Å². The molecule has 39 heteroatoms. The van der Waals surface area contributed by atoms with Crippen LogP contribution in [0, 0.1) is 0 Å². The number of rotatable bonds is 11. The van der Waals surface area contributed by atoms with Crippen LogP contribution in [0.1, 0.15) is 74.3 Å². The number of carbonyl (C=O) groups is 4. The Morgan fingerprint density at radius 2 is 0.896 bits per heavy atom. The molecule has 3 aromatic rings. The summed E-state index contributed by atoms with van der Waals surface area (Å²) in [4.78, 5) is 57.8. The number of hydroxylamine groups is 4. The molecule has 0 spiro atoms. The third-order valence-corrected chi connectivity index (χ3v) is 14.7. The number of hydrogen-bond donors (Lipinski definition) is 3. The Kier molecular flexibility index (Phi) is 19.7. The van der Waals surface area contributed by atoms with E-state index in [0.717, 1.165) is 37.5 Å². The molecule has 0 saturated carbocycles. The second-order valence-corrected chi connectivity index (χ2v) is 20.2. The van der Waals surface area contributed by atoms with Gasteiger partial charge in [-0.25, -0.2) is 22.8 Å². The largest absolute Gasteiger partial charge is 1.00 e. The van der Waals surface area contributed by atoms with Gasteiger partial charge in [0, 0.05) is 66.0 Å². The van der Waals surface area contributed by atoms with Gasteiger partial charge in [-0.15, -0.1) is 19.6 Å². The molecule has 422 valence electrons. The van der Waals surface area contributed by atoms with Crippen molar-refractivity contribution in [1.29, 1.82) is 0 Å². The first-order chi connectivity index (χ1) is 36.1. The summed E-state index contributed by atoms with van der Waals surface area (Å²) in [5.74, 6) is 5.78. The summed E-state index contributed by atoms with van der Waals surface area (Å²) in [5, 5.41) is 32.8. The number of hydrogen-bond acceptors (Lipinski definition) is 29. The van der Waals surface area contributed by atoms with E-state index in [0.29, 0.717) is 132 Å². The zero-order chi connectivity index (χ0) is 53.0. The first-order valence-electron chi connectivity index (χ1n) is 23.8. The number of ether oxygens (including phenoxy) is 3. The molecule has 12 rings (SSSR count). The Morgan fingerprint density at radius 1 is 0.571 bits per heavy atom. The molecule has 0 aromatic carbocycles. The topological polar surface area (TPSA) is 442 Å². The van der Waals surface area contributed by atoms with Gasteiger partial charge in [0.1, 0.15) is 18.1 Å². The van der Waals surface area contributed by atoms with Crippen LogP contribution in [0.4, 0.5) is 32.4 Å². The fourth-order valence-corrected chi connectivity index (χ4v) is 10.8. The van der Waals surface area contributed by atoms with E-state index in [4.69, 9.17) is 37.4 Å². The molecule has 77 heavy (non-hydrogen) atoms. The normalized spacial score (nSPS) is 26.0. The number of fused-ring (bicyclic) bond motifs is 6. The summed E-state index contributed by atoms with van der Waals surface area (Å²) in [6.07, 6.45) is 3.86. The summed E-state index contributed by atoms with van der Waals surface area (Å²) in [6.45, 7) is 8.78. The number of nitrogens with two attached hydrogens (primary N) is 1. The molecule has 0 aliphatic carbocycles. The van der Waals surface area contributed by atoms with Gasteiger partial charge < -0.3 is 77.6 Å². The predicted molar refractivity (Wildman–Crippen MR) is 247 cm³/mol. The van der Waals surface area contributed by atoms with Gasteiger partial charge in [0.25, 0.3) is 6.47 Å². The van der Waals surface area contributed by atoms with E-state index in [1.807, 2.05) is 31.5 Å². The first-order valence-corrected chi connectivity index (χ1v) is 26.5. The molecule has 9 fully saturated rings. The van der Waals surface area contributed by atoms with E-state index >= 15 is 0 Å². The second kappa shape index (κ2) is 25.6. The number of carbonyl (C=O) groups excluding carboxylic acids is 3. The smallest absolute Gasteiger partial charge is 0.724 e. The minimum atomic E-state index is -5.01. The molecule has 36 nitrogen and oxygen atoms in total. The summed E-state index contributed by atoms with van der Waals surface area (Å²) < 4.78 is 101. The Morgan fingerprint density at radius 3 is 1.25 bits per heavy atom. The minimum absolute atomic E-state index is 0. The van der Waals surface area contributed by atoms with Crippen molar-refractivity contribution in [2.24, 2.45) is 5.90 Å². The van der Waals surface area contributed by atoms with Gasteiger partial charge in [-0.3, -0.25) is 4.79 Å². The molecule has 0 radical (unpaired) electrons. The Hall–Kier alpha value is -5.36.